The van der Waals surface area contributed by atoms with Crippen molar-refractivity contribution in [3.63, 3.8) is 0 Å². The second-order valence-electron chi connectivity index (χ2n) is 4.38. The Morgan fingerprint density at radius 3 is 2.59 bits per heavy atom. The van der Waals surface area contributed by atoms with Gasteiger partial charge in [0.05, 0.1) is 4.90 Å². The molecule has 1 atom stereocenters. The summed E-state index contributed by atoms with van der Waals surface area (Å²) in [5, 5.41) is 0. The summed E-state index contributed by atoms with van der Waals surface area (Å²) >= 11 is 0. The number of anilines is 1. The average molecular weight is 256 g/mol. The summed E-state index contributed by atoms with van der Waals surface area (Å²) in [6.07, 6.45) is 0.948. The van der Waals surface area contributed by atoms with Crippen LogP contribution in [0.5, 0.6) is 0 Å². The molecule has 0 aliphatic heterocycles. The van der Waals surface area contributed by atoms with Gasteiger partial charge in [0.1, 0.15) is 0 Å². The molecule has 1 unspecified atom stereocenters. The summed E-state index contributed by atoms with van der Waals surface area (Å²) in [5.74, 6) is 0.333. The molecule has 0 amide bonds. The van der Waals surface area contributed by atoms with E-state index >= 15 is 0 Å². The SMILES string of the molecule is CCC(C)CNS(=O)(=O)c1ccc(N)c(C)c1. The molecule has 0 aliphatic carbocycles. The minimum absolute atomic E-state index is 0.271. The van der Waals surface area contributed by atoms with E-state index in [-0.39, 0.29) is 4.90 Å². The van der Waals surface area contributed by atoms with E-state index in [4.69, 9.17) is 5.73 Å². The van der Waals surface area contributed by atoms with Crippen LogP contribution in [0.3, 0.4) is 0 Å². The Hall–Kier alpha value is -1.07. The highest BCUT2D eigenvalue weighted by molar-refractivity contribution is 7.89. The maximum Gasteiger partial charge on any atom is 0.240 e. The zero-order valence-corrected chi connectivity index (χ0v) is 11.3. The minimum atomic E-state index is -3.41. The van der Waals surface area contributed by atoms with Gasteiger partial charge in [0.15, 0.2) is 0 Å². The van der Waals surface area contributed by atoms with Crippen LogP contribution in [0.4, 0.5) is 5.69 Å². The Kier molecular flexibility index (Phi) is 4.54. The fourth-order valence-corrected chi connectivity index (χ4v) is 2.54. The highest BCUT2D eigenvalue weighted by Crippen LogP contribution is 2.16. The Balaban J connectivity index is 2.86. The second-order valence-corrected chi connectivity index (χ2v) is 6.15. The average Bonchev–Trinajstić information content (AvgIpc) is 2.29. The minimum Gasteiger partial charge on any atom is -0.399 e. The maximum absolute atomic E-state index is 12.0. The summed E-state index contributed by atoms with van der Waals surface area (Å²) in [7, 11) is -3.41. The highest BCUT2D eigenvalue weighted by Gasteiger charge is 2.15. The first-order valence-corrected chi connectivity index (χ1v) is 7.21. The normalized spacial score (nSPS) is 13.6. The smallest absolute Gasteiger partial charge is 0.240 e. The van der Waals surface area contributed by atoms with Crippen LogP contribution in [0.2, 0.25) is 0 Å². The van der Waals surface area contributed by atoms with E-state index in [9.17, 15) is 8.42 Å². The fourth-order valence-electron chi connectivity index (χ4n) is 1.29. The summed E-state index contributed by atoms with van der Waals surface area (Å²) in [6.45, 7) is 6.30. The first-order chi connectivity index (χ1) is 7.86. The summed E-state index contributed by atoms with van der Waals surface area (Å²) in [6, 6.07) is 4.74. The lowest BCUT2D eigenvalue weighted by Gasteiger charge is -2.11. The lowest BCUT2D eigenvalue weighted by Crippen LogP contribution is -2.28. The van der Waals surface area contributed by atoms with Crippen LogP contribution >= 0.6 is 0 Å². The third-order valence-corrected chi connectivity index (χ3v) is 4.29. The predicted octanol–water partition coefficient (Wildman–Crippen LogP) is 1.90. The van der Waals surface area contributed by atoms with Gasteiger partial charge < -0.3 is 5.73 Å². The molecule has 0 spiro atoms. The number of nitrogen functional groups attached to an aromatic ring is 1. The van der Waals surface area contributed by atoms with Gasteiger partial charge in [-0.25, -0.2) is 13.1 Å². The van der Waals surface area contributed by atoms with Gasteiger partial charge in [-0.15, -0.1) is 0 Å². The summed E-state index contributed by atoms with van der Waals surface area (Å²) < 4.78 is 26.5. The molecule has 0 saturated heterocycles. The molecular weight excluding hydrogens is 236 g/mol. The maximum atomic E-state index is 12.0. The number of aryl methyl sites for hydroxylation is 1. The molecule has 1 aromatic rings. The summed E-state index contributed by atoms with van der Waals surface area (Å²) in [5.41, 5.74) is 7.04. The number of hydrogen-bond acceptors (Lipinski definition) is 3. The molecule has 1 aromatic carbocycles. The third-order valence-electron chi connectivity index (χ3n) is 2.87. The molecule has 17 heavy (non-hydrogen) atoms. The predicted molar refractivity (Wildman–Crippen MR) is 70.2 cm³/mol. The van der Waals surface area contributed by atoms with E-state index in [2.05, 4.69) is 4.72 Å². The molecule has 5 heteroatoms. The molecule has 0 bridgehead atoms. The van der Waals surface area contributed by atoms with Crippen molar-refractivity contribution in [3.8, 4) is 0 Å². The zero-order valence-electron chi connectivity index (χ0n) is 10.5. The Labute approximate surface area is 103 Å². The van der Waals surface area contributed by atoms with Crippen LogP contribution in [0.25, 0.3) is 0 Å². The largest absolute Gasteiger partial charge is 0.399 e. The lowest BCUT2D eigenvalue weighted by atomic mass is 10.1. The Morgan fingerprint density at radius 1 is 1.41 bits per heavy atom. The molecule has 0 heterocycles. The van der Waals surface area contributed by atoms with Crippen LogP contribution in [-0.2, 0) is 10.0 Å². The topological polar surface area (TPSA) is 72.2 Å². The number of hydrogen-bond donors (Lipinski definition) is 2. The van der Waals surface area contributed by atoms with Gasteiger partial charge in [0.2, 0.25) is 10.0 Å². The van der Waals surface area contributed by atoms with Crippen molar-refractivity contribution in [1.82, 2.24) is 4.72 Å². The lowest BCUT2D eigenvalue weighted by molar-refractivity contribution is 0.528. The van der Waals surface area contributed by atoms with Crippen molar-refractivity contribution in [3.05, 3.63) is 23.8 Å². The quantitative estimate of drug-likeness (QED) is 0.790. The van der Waals surface area contributed by atoms with Crippen LogP contribution in [-0.4, -0.2) is 15.0 Å². The first kappa shape index (κ1) is 14.0. The van der Waals surface area contributed by atoms with Gasteiger partial charge in [0, 0.05) is 12.2 Å². The number of nitrogens with two attached hydrogens (primary N) is 1. The standard InChI is InChI=1S/C12H20N2O2S/c1-4-9(2)8-14-17(15,16)11-5-6-12(13)10(3)7-11/h5-7,9,14H,4,8,13H2,1-3H3. The van der Waals surface area contributed by atoms with Gasteiger partial charge in [0.25, 0.3) is 0 Å². The van der Waals surface area contributed by atoms with Gasteiger partial charge in [-0.3, -0.25) is 0 Å². The van der Waals surface area contributed by atoms with Gasteiger partial charge in [-0.05, 0) is 36.6 Å². The van der Waals surface area contributed by atoms with Crippen molar-refractivity contribution in [2.24, 2.45) is 5.92 Å². The third kappa shape index (κ3) is 3.71. The molecule has 0 radical (unpaired) electrons. The van der Waals surface area contributed by atoms with E-state index in [1.165, 1.54) is 6.07 Å². The van der Waals surface area contributed by atoms with Crippen LogP contribution in [0.1, 0.15) is 25.8 Å². The summed E-state index contributed by atoms with van der Waals surface area (Å²) in [4.78, 5) is 0.271. The van der Waals surface area contributed by atoms with Crippen molar-refractivity contribution in [2.45, 2.75) is 32.1 Å². The Bertz CT molecular complexity index is 483. The Morgan fingerprint density at radius 2 is 2.06 bits per heavy atom. The van der Waals surface area contributed by atoms with Gasteiger partial charge in [-0.1, -0.05) is 20.3 Å². The van der Waals surface area contributed by atoms with E-state index in [1.54, 1.807) is 19.1 Å². The highest BCUT2D eigenvalue weighted by atomic mass is 32.2. The van der Waals surface area contributed by atoms with Crippen molar-refractivity contribution in [2.75, 3.05) is 12.3 Å². The number of benzene rings is 1. The molecule has 96 valence electrons. The van der Waals surface area contributed by atoms with Crippen molar-refractivity contribution in [1.29, 1.82) is 0 Å². The van der Waals surface area contributed by atoms with E-state index < -0.39 is 10.0 Å². The van der Waals surface area contributed by atoms with E-state index in [0.29, 0.717) is 18.2 Å². The van der Waals surface area contributed by atoms with Crippen LogP contribution in [0.15, 0.2) is 23.1 Å². The molecule has 0 saturated carbocycles. The van der Waals surface area contributed by atoms with Gasteiger partial charge in [-0.2, -0.15) is 0 Å². The molecule has 0 fully saturated rings. The molecule has 3 N–H and O–H groups in total. The number of rotatable bonds is 5. The second kappa shape index (κ2) is 5.51. The molecule has 1 rings (SSSR count). The molecule has 0 aromatic heterocycles. The van der Waals surface area contributed by atoms with Crippen LogP contribution < -0.4 is 10.5 Å². The number of sulfonamides is 1. The van der Waals surface area contributed by atoms with Crippen molar-refractivity contribution < 1.29 is 8.42 Å². The van der Waals surface area contributed by atoms with Crippen LogP contribution in [0, 0.1) is 12.8 Å². The molecule has 4 nitrogen and oxygen atoms in total. The van der Waals surface area contributed by atoms with E-state index in [0.717, 1.165) is 12.0 Å². The first-order valence-electron chi connectivity index (χ1n) is 5.72. The monoisotopic (exact) mass is 256 g/mol. The van der Waals surface area contributed by atoms with Crippen molar-refractivity contribution >= 4 is 15.7 Å². The fraction of sp³-hybridized carbons (Fsp3) is 0.500. The molecular formula is C12H20N2O2S. The molecule has 0 aliphatic rings. The number of nitrogens with one attached hydrogen (secondary N) is 1. The van der Waals surface area contributed by atoms with E-state index in [1.807, 2.05) is 13.8 Å². The zero-order chi connectivity index (χ0) is 13.1. The van der Waals surface area contributed by atoms with Gasteiger partial charge >= 0.3 is 0 Å².